The Hall–Kier alpha value is -0.870. The van der Waals surface area contributed by atoms with Gasteiger partial charge in [-0.1, -0.05) is 13.8 Å². The third-order valence-electron chi connectivity index (χ3n) is 2.51. The predicted molar refractivity (Wildman–Crippen MR) is 67.4 cm³/mol. The average Bonchev–Trinajstić information content (AvgIpc) is 2.65. The summed E-state index contributed by atoms with van der Waals surface area (Å²) in [6.45, 7) is 10.5. The van der Waals surface area contributed by atoms with Crippen molar-refractivity contribution in [2.45, 2.75) is 39.9 Å². The molecule has 0 aliphatic heterocycles. The Kier molecular flexibility index (Phi) is 5.49. The number of hydrogen-bond acceptors (Lipinski definition) is 3. The summed E-state index contributed by atoms with van der Waals surface area (Å²) in [6, 6.07) is 0.566. The maximum atomic E-state index is 4.27. The Balaban J connectivity index is 2.25. The van der Waals surface area contributed by atoms with Crippen molar-refractivity contribution in [1.29, 1.82) is 0 Å². The van der Waals surface area contributed by atoms with Crippen LogP contribution in [0, 0.1) is 0 Å². The van der Waals surface area contributed by atoms with Crippen molar-refractivity contribution in [2.75, 3.05) is 20.1 Å². The van der Waals surface area contributed by atoms with Gasteiger partial charge >= 0.3 is 0 Å². The van der Waals surface area contributed by atoms with Crippen LogP contribution in [0.25, 0.3) is 0 Å². The van der Waals surface area contributed by atoms with E-state index in [1.165, 1.54) is 5.56 Å². The van der Waals surface area contributed by atoms with Gasteiger partial charge in [-0.3, -0.25) is 4.68 Å². The molecule has 0 bridgehead atoms. The van der Waals surface area contributed by atoms with Gasteiger partial charge in [0.15, 0.2) is 0 Å². The molecule has 0 aliphatic rings. The highest BCUT2D eigenvalue weighted by Crippen LogP contribution is 2.01. The Labute approximate surface area is 98.6 Å². The molecule has 1 aromatic rings. The molecule has 0 saturated carbocycles. The molecule has 0 aliphatic carbocycles. The quantitative estimate of drug-likeness (QED) is 0.758. The fourth-order valence-electron chi connectivity index (χ4n) is 1.60. The van der Waals surface area contributed by atoms with Gasteiger partial charge in [0.2, 0.25) is 0 Å². The Bertz CT molecular complexity index is 293. The summed E-state index contributed by atoms with van der Waals surface area (Å²) in [5, 5.41) is 7.69. The fourth-order valence-corrected chi connectivity index (χ4v) is 1.60. The first kappa shape index (κ1) is 13.2. The molecule has 16 heavy (non-hydrogen) atoms. The van der Waals surface area contributed by atoms with E-state index in [4.69, 9.17) is 0 Å². The zero-order chi connectivity index (χ0) is 12.0. The van der Waals surface area contributed by atoms with Crippen molar-refractivity contribution in [3.63, 3.8) is 0 Å². The summed E-state index contributed by atoms with van der Waals surface area (Å²) in [6.07, 6.45) is 4.07. The minimum absolute atomic E-state index is 0.566. The number of aryl methyl sites for hydroxylation is 1. The molecule has 0 atom stereocenters. The van der Waals surface area contributed by atoms with Crippen LogP contribution in [0.3, 0.4) is 0 Å². The SMILES string of the molecule is CCn1cc(CN(C)CCNC(C)C)cn1. The molecule has 1 aromatic heterocycles. The number of aromatic nitrogens is 2. The lowest BCUT2D eigenvalue weighted by atomic mass is 10.3. The van der Waals surface area contributed by atoms with E-state index in [2.05, 4.69) is 49.3 Å². The largest absolute Gasteiger partial charge is 0.313 e. The van der Waals surface area contributed by atoms with Crippen molar-refractivity contribution >= 4 is 0 Å². The second-order valence-corrected chi connectivity index (χ2v) is 4.55. The molecule has 0 fully saturated rings. The molecular formula is C12H24N4. The average molecular weight is 224 g/mol. The lowest BCUT2D eigenvalue weighted by Gasteiger charge is -2.17. The number of likely N-dealkylation sites (N-methyl/N-ethyl adjacent to an activating group) is 1. The first-order valence-electron chi connectivity index (χ1n) is 6.05. The van der Waals surface area contributed by atoms with E-state index in [0.29, 0.717) is 6.04 Å². The predicted octanol–water partition coefficient (Wildman–Crippen LogP) is 1.33. The molecule has 0 radical (unpaired) electrons. The lowest BCUT2D eigenvalue weighted by molar-refractivity contribution is 0.320. The molecule has 1 heterocycles. The van der Waals surface area contributed by atoms with E-state index in [1.807, 2.05) is 10.9 Å². The molecule has 4 nitrogen and oxygen atoms in total. The highest BCUT2D eigenvalue weighted by atomic mass is 15.3. The number of hydrogen-bond donors (Lipinski definition) is 1. The molecule has 1 rings (SSSR count). The van der Waals surface area contributed by atoms with Crippen molar-refractivity contribution in [2.24, 2.45) is 0 Å². The second kappa shape index (κ2) is 6.66. The van der Waals surface area contributed by atoms with Crippen LogP contribution >= 0.6 is 0 Å². The van der Waals surface area contributed by atoms with Gasteiger partial charge in [0.25, 0.3) is 0 Å². The van der Waals surface area contributed by atoms with Crippen LogP contribution in [0.15, 0.2) is 12.4 Å². The van der Waals surface area contributed by atoms with Crippen LogP contribution in [0.5, 0.6) is 0 Å². The van der Waals surface area contributed by atoms with Crippen LogP contribution in [-0.4, -0.2) is 40.9 Å². The summed E-state index contributed by atoms with van der Waals surface area (Å²) in [4.78, 5) is 2.31. The van der Waals surface area contributed by atoms with Gasteiger partial charge in [-0.15, -0.1) is 0 Å². The molecule has 0 saturated heterocycles. The molecule has 92 valence electrons. The monoisotopic (exact) mass is 224 g/mol. The first-order chi connectivity index (χ1) is 7.61. The third-order valence-corrected chi connectivity index (χ3v) is 2.51. The van der Waals surface area contributed by atoms with Crippen molar-refractivity contribution < 1.29 is 0 Å². The summed E-state index contributed by atoms with van der Waals surface area (Å²) < 4.78 is 1.97. The van der Waals surface area contributed by atoms with Gasteiger partial charge in [0, 0.05) is 44.0 Å². The summed E-state index contributed by atoms with van der Waals surface area (Å²) >= 11 is 0. The smallest absolute Gasteiger partial charge is 0.0534 e. The van der Waals surface area contributed by atoms with Crippen LogP contribution in [-0.2, 0) is 13.1 Å². The number of nitrogens with zero attached hydrogens (tertiary/aromatic N) is 3. The van der Waals surface area contributed by atoms with Gasteiger partial charge < -0.3 is 10.2 Å². The molecule has 0 spiro atoms. The van der Waals surface area contributed by atoms with Gasteiger partial charge in [-0.25, -0.2) is 0 Å². The number of rotatable bonds is 7. The highest BCUT2D eigenvalue weighted by molar-refractivity contribution is 5.03. The van der Waals surface area contributed by atoms with Gasteiger partial charge in [-0.05, 0) is 14.0 Å². The Morgan fingerprint density at radius 1 is 1.50 bits per heavy atom. The van der Waals surface area contributed by atoms with Crippen molar-refractivity contribution in [1.82, 2.24) is 20.0 Å². The standard InChI is InChI=1S/C12H24N4/c1-5-16-10-12(8-14-16)9-15(4)7-6-13-11(2)3/h8,10-11,13H,5-7,9H2,1-4H3. The van der Waals surface area contributed by atoms with E-state index in [1.54, 1.807) is 0 Å². The molecule has 0 unspecified atom stereocenters. The maximum Gasteiger partial charge on any atom is 0.0534 e. The van der Waals surface area contributed by atoms with Gasteiger partial charge in [0.05, 0.1) is 6.20 Å². The van der Waals surface area contributed by atoms with Crippen molar-refractivity contribution in [3.05, 3.63) is 18.0 Å². The minimum Gasteiger partial charge on any atom is -0.313 e. The molecule has 0 amide bonds. The highest BCUT2D eigenvalue weighted by Gasteiger charge is 2.02. The van der Waals surface area contributed by atoms with Gasteiger partial charge in [-0.2, -0.15) is 5.10 Å². The fraction of sp³-hybridized carbons (Fsp3) is 0.750. The molecule has 1 N–H and O–H groups in total. The second-order valence-electron chi connectivity index (χ2n) is 4.55. The van der Waals surface area contributed by atoms with E-state index in [0.717, 1.165) is 26.2 Å². The zero-order valence-corrected chi connectivity index (χ0v) is 10.9. The summed E-state index contributed by atoms with van der Waals surface area (Å²) in [7, 11) is 2.14. The topological polar surface area (TPSA) is 33.1 Å². The van der Waals surface area contributed by atoms with Gasteiger partial charge in [0.1, 0.15) is 0 Å². The Morgan fingerprint density at radius 3 is 2.81 bits per heavy atom. The van der Waals surface area contributed by atoms with E-state index >= 15 is 0 Å². The van der Waals surface area contributed by atoms with E-state index in [-0.39, 0.29) is 0 Å². The van der Waals surface area contributed by atoms with E-state index in [9.17, 15) is 0 Å². The number of nitrogens with one attached hydrogen (secondary N) is 1. The van der Waals surface area contributed by atoms with Crippen molar-refractivity contribution in [3.8, 4) is 0 Å². The normalized spacial score (nSPS) is 11.6. The summed E-state index contributed by atoms with van der Waals surface area (Å²) in [5.74, 6) is 0. The lowest BCUT2D eigenvalue weighted by Crippen LogP contribution is -2.32. The maximum absolute atomic E-state index is 4.27. The van der Waals surface area contributed by atoms with Crippen LogP contribution in [0.4, 0.5) is 0 Å². The first-order valence-corrected chi connectivity index (χ1v) is 6.05. The third kappa shape index (κ3) is 4.77. The van der Waals surface area contributed by atoms with Crippen LogP contribution < -0.4 is 5.32 Å². The molecular weight excluding hydrogens is 200 g/mol. The van der Waals surface area contributed by atoms with Crippen LogP contribution in [0.1, 0.15) is 26.3 Å². The van der Waals surface area contributed by atoms with Crippen LogP contribution in [0.2, 0.25) is 0 Å². The molecule has 0 aromatic carbocycles. The summed E-state index contributed by atoms with van der Waals surface area (Å²) in [5.41, 5.74) is 1.29. The zero-order valence-electron chi connectivity index (χ0n) is 10.9. The van der Waals surface area contributed by atoms with E-state index < -0.39 is 0 Å². The Morgan fingerprint density at radius 2 is 2.25 bits per heavy atom. The minimum atomic E-state index is 0.566. The molecule has 4 heteroatoms.